The van der Waals surface area contributed by atoms with Gasteiger partial charge in [-0.25, -0.2) is 0 Å². The van der Waals surface area contributed by atoms with E-state index in [1.165, 1.54) is 4.90 Å². The van der Waals surface area contributed by atoms with E-state index in [9.17, 15) is 4.79 Å². The molecule has 0 N–H and O–H groups in total. The summed E-state index contributed by atoms with van der Waals surface area (Å²) in [5, 5.41) is -0.462. The van der Waals surface area contributed by atoms with Crippen LogP contribution in [0.1, 0.15) is 13.8 Å². The predicted molar refractivity (Wildman–Crippen MR) is 38.4 cm³/mol. The molecule has 0 atom stereocenters. The monoisotopic (exact) mass is 147 g/mol. The Kier molecular flexibility index (Phi) is 3.32. The Morgan fingerprint density at radius 2 is 2.00 bits per heavy atom. The van der Waals surface area contributed by atoms with Crippen molar-refractivity contribution in [2.45, 2.75) is 13.8 Å². The zero-order valence-electron chi connectivity index (χ0n) is 5.81. The fraction of sp³-hybridized carbons (Fsp3) is 0.500. The van der Waals surface area contributed by atoms with Gasteiger partial charge in [0, 0.05) is 13.2 Å². The third kappa shape index (κ3) is 4.03. The quantitative estimate of drug-likeness (QED) is 0.411. The third-order valence-corrected chi connectivity index (χ3v) is 0.996. The zero-order chi connectivity index (χ0) is 7.44. The van der Waals surface area contributed by atoms with Gasteiger partial charge in [0.25, 0.3) is 0 Å². The molecule has 0 aliphatic carbocycles. The maximum Gasteiger partial charge on any atom is 0.320 e. The number of halogens is 1. The Hall–Kier alpha value is -0.500. The molecule has 0 aliphatic heterocycles. The molecule has 2 nitrogen and oxygen atoms in total. The van der Waals surface area contributed by atoms with Gasteiger partial charge < -0.3 is 4.90 Å². The summed E-state index contributed by atoms with van der Waals surface area (Å²) in [5.41, 5.74) is 1.05. The van der Waals surface area contributed by atoms with Crippen LogP contribution in [0.15, 0.2) is 11.8 Å². The SMILES string of the molecule is CC(C)=CN(C)C(=O)Cl. The van der Waals surface area contributed by atoms with E-state index in [0.717, 1.165) is 5.57 Å². The van der Waals surface area contributed by atoms with E-state index >= 15 is 0 Å². The molecule has 0 spiro atoms. The molecule has 0 aromatic rings. The second kappa shape index (κ2) is 3.51. The number of hydrogen-bond acceptors (Lipinski definition) is 1. The predicted octanol–water partition coefficient (Wildman–Crippen LogP) is 2.20. The minimum Gasteiger partial charge on any atom is -0.309 e. The number of carbonyl (C=O) groups is 1. The first kappa shape index (κ1) is 8.50. The molecule has 0 saturated carbocycles. The van der Waals surface area contributed by atoms with E-state index in [0.29, 0.717) is 0 Å². The molecule has 0 heterocycles. The van der Waals surface area contributed by atoms with Gasteiger partial charge in [0.15, 0.2) is 0 Å². The molecule has 0 aromatic heterocycles. The highest BCUT2D eigenvalue weighted by molar-refractivity contribution is 6.62. The summed E-state index contributed by atoms with van der Waals surface area (Å²) in [5.74, 6) is 0. The van der Waals surface area contributed by atoms with Crippen LogP contribution in [0, 0.1) is 0 Å². The summed E-state index contributed by atoms with van der Waals surface area (Å²) in [6.45, 7) is 3.80. The van der Waals surface area contributed by atoms with Gasteiger partial charge in [-0.3, -0.25) is 4.79 Å². The number of allylic oxidation sites excluding steroid dienone is 1. The largest absolute Gasteiger partial charge is 0.320 e. The van der Waals surface area contributed by atoms with Crippen LogP contribution in [0.25, 0.3) is 0 Å². The van der Waals surface area contributed by atoms with Crippen LogP contribution in [0.2, 0.25) is 0 Å². The van der Waals surface area contributed by atoms with Crippen LogP contribution in [0.5, 0.6) is 0 Å². The van der Waals surface area contributed by atoms with Crippen molar-refractivity contribution in [1.82, 2.24) is 4.90 Å². The summed E-state index contributed by atoms with van der Waals surface area (Å²) in [7, 11) is 1.61. The van der Waals surface area contributed by atoms with Gasteiger partial charge in [-0.15, -0.1) is 0 Å². The smallest absolute Gasteiger partial charge is 0.309 e. The number of nitrogens with zero attached hydrogens (tertiary/aromatic N) is 1. The molecule has 0 aromatic carbocycles. The molecule has 3 heteroatoms. The lowest BCUT2D eigenvalue weighted by Crippen LogP contribution is -2.13. The van der Waals surface area contributed by atoms with Gasteiger partial charge in [0.2, 0.25) is 0 Å². The highest BCUT2D eigenvalue weighted by Crippen LogP contribution is 1.96. The molecule has 1 amide bonds. The second-order valence-electron chi connectivity index (χ2n) is 2.07. The van der Waals surface area contributed by atoms with Crippen molar-refractivity contribution in [2.75, 3.05) is 7.05 Å². The van der Waals surface area contributed by atoms with Gasteiger partial charge in [-0.05, 0) is 25.4 Å². The van der Waals surface area contributed by atoms with E-state index in [1.54, 1.807) is 13.2 Å². The Bertz CT molecular complexity index is 138. The average molecular weight is 148 g/mol. The molecule has 0 saturated heterocycles. The topological polar surface area (TPSA) is 20.3 Å². The Labute approximate surface area is 60.1 Å². The summed E-state index contributed by atoms with van der Waals surface area (Å²) in [6.07, 6.45) is 1.68. The molecular formula is C6H10ClNO. The molecule has 52 valence electrons. The fourth-order valence-electron chi connectivity index (χ4n) is 0.438. The van der Waals surface area contributed by atoms with Gasteiger partial charge in [0.05, 0.1) is 0 Å². The maximum atomic E-state index is 10.3. The zero-order valence-corrected chi connectivity index (χ0v) is 6.57. The first-order chi connectivity index (χ1) is 4.04. The van der Waals surface area contributed by atoms with Crippen molar-refractivity contribution in [3.05, 3.63) is 11.8 Å². The van der Waals surface area contributed by atoms with E-state index in [-0.39, 0.29) is 0 Å². The van der Waals surface area contributed by atoms with E-state index in [1.807, 2.05) is 13.8 Å². The average Bonchev–Trinajstić information content (AvgIpc) is 1.63. The summed E-state index contributed by atoms with van der Waals surface area (Å²) in [4.78, 5) is 11.7. The minimum atomic E-state index is -0.462. The standard InChI is InChI=1S/C6H10ClNO/c1-5(2)4-8(3)6(7)9/h4H,1-3H3. The van der Waals surface area contributed by atoms with Crippen molar-refractivity contribution < 1.29 is 4.79 Å². The van der Waals surface area contributed by atoms with Crippen molar-refractivity contribution >= 4 is 17.0 Å². The molecule has 0 rings (SSSR count). The van der Waals surface area contributed by atoms with Crippen LogP contribution in [0.4, 0.5) is 4.79 Å². The van der Waals surface area contributed by atoms with Crippen LogP contribution < -0.4 is 0 Å². The third-order valence-electron chi connectivity index (χ3n) is 0.729. The summed E-state index contributed by atoms with van der Waals surface area (Å²) < 4.78 is 0. The maximum absolute atomic E-state index is 10.3. The van der Waals surface area contributed by atoms with Crippen LogP contribution in [-0.2, 0) is 0 Å². The molecule has 9 heavy (non-hydrogen) atoms. The van der Waals surface area contributed by atoms with Crippen LogP contribution in [0.3, 0.4) is 0 Å². The van der Waals surface area contributed by atoms with Gasteiger partial charge in [-0.2, -0.15) is 0 Å². The molecule has 0 aliphatic rings. The van der Waals surface area contributed by atoms with Crippen molar-refractivity contribution in [3.63, 3.8) is 0 Å². The highest BCUT2D eigenvalue weighted by Gasteiger charge is 1.97. The Morgan fingerprint density at radius 1 is 1.56 bits per heavy atom. The van der Waals surface area contributed by atoms with Crippen molar-refractivity contribution in [1.29, 1.82) is 0 Å². The lowest BCUT2D eigenvalue weighted by molar-refractivity contribution is 0.244. The van der Waals surface area contributed by atoms with E-state index < -0.39 is 5.37 Å². The second-order valence-corrected chi connectivity index (χ2v) is 2.39. The molecule has 0 bridgehead atoms. The first-order valence-electron chi connectivity index (χ1n) is 2.61. The fourth-order valence-corrected chi connectivity index (χ4v) is 0.487. The number of carbonyl (C=O) groups excluding carboxylic acids is 1. The first-order valence-corrected chi connectivity index (χ1v) is 2.99. The van der Waals surface area contributed by atoms with Crippen molar-refractivity contribution in [2.24, 2.45) is 0 Å². The van der Waals surface area contributed by atoms with Crippen molar-refractivity contribution in [3.8, 4) is 0 Å². The Balaban J connectivity index is 3.91. The molecule has 0 unspecified atom stereocenters. The van der Waals surface area contributed by atoms with Gasteiger partial charge in [0.1, 0.15) is 0 Å². The normalized spacial score (nSPS) is 8.44. The van der Waals surface area contributed by atoms with Crippen LogP contribution in [-0.4, -0.2) is 17.3 Å². The Morgan fingerprint density at radius 3 is 2.11 bits per heavy atom. The van der Waals surface area contributed by atoms with Crippen LogP contribution >= 0.6 is 11.6 Å². The lowest BCUT2D eigenvalue weighted by Gasteiger charge is -2.05. The van der Waals surface area contributed by atoms with Gasteiger partial charge in [-0.1, -0.05) is 5.57 Å². The van der Waals surface area contributed by atoms with E-state index in [2.05, 4.69) is 0 Å². The molecular weight excluding hydrogens is 138 g/mol. The minimum absolute atomic E-state index is 0.462. The highest BCUT2D eigenvalue weighted by atomic mass is 35.5. The number of rotatable bonds is 1. The lowest BCUT2D eigenvalue weighted by atomic mass is 10.4. The number of amides is 1. The summed E-state index contributed by atoms with van der Waals surface area (Å²) >= 11 is 5.11. The molecule has 0 radical (unpaired) electrons. The van der Waals surface area contributed by atoms with Gasteiger partial charge >= 0.3 is 5.37 Å². The molecule has 0 fully saturated rings. The number of hydrogen-bond donors (Lipinski definition) is 0. The van der Waals surface area contributed by atoms with E-state index in [4.69, 9.17) is 11.6 Å². The summed E-state index contributed by atoms with van der Waals surface area (Å²) in [6, 6.07) is 0.